The molecule has 7 heteroatoms. The van der Waals surface area contributed by atoms with Gasteiger partial charge in [-0.1, -0.05) is 61.8 Å². The van der Waals surface area contributed by atoms with E-state index in [0.717, 1.165) is 28.1 Å². The highest BCUT2D eigenvalue weighted by Gasteiger charge is 2.31. The lowest BCUT2D eigenvalue weighted by molar-refractivity contribution is -0.122. The Balaban J connectivity index is 2.36. The van der Waals surface area contributed by atoms with Crippen LogP contribution in [0.3, 0.4) is 0 Å². The minimum Gasteiger partial charge on any atom is -0.347 e. The normalized spacial score (nSPS) is 13.8. The third-order valence-electron chi connectivity index (χ3n) is 4.72. The summed E-state index contributed by atoms with van der Waals surface area (Å²) in [4.78, 5) is 13.1. The van der Waals surface area contributed by atoms with Crippen molar-refractivity contribution in [3.8, 4) is 0 Å². The molecular weight excluding hydrogens is 408 g/mol. The molecule has 2 rings (SSSR count). The lowest BCUT2D eigenvalue weighted by Gasteiger charge is -2.31. The fourth-order valence-corrected chi connectivity index (χ4v) is 4.72. The Morgan fingerprint density at radius 1 is 1.10 bits per heavy atom. The SMILES string of the molecule is Cc1ccc(Cl)cc1N([C@H](C)C(=O)N[C@@H](CC(C)C)c1ccccc1)S(C)(=O)=O. The highest BCUT2D eigenvalue weighted by Crippen LogP contribution is 2.29. The number of carbonyl (C=O) groups excluding carboxylic acids is 1. The third-order valence-corrected chi connectivity index (χ3v) is 6.19. The van der Waals surface area contributed by atoms with Crippen LogP contribution >= 0.6 is 11.6 Å². The van der Waals surface area contributed by atoms with Gasteiger partial charge < -0.3 is 5.32 Å². The summed E-state index contributed by atoms with van der Waals surface area (Å²) in [5.41, 5.74) is 2.12. The summed E-state index contributed by atoms with van der Waals surface area (Å²) in [5, 5.41) is 3.45. The maximum absolute atomic E-state index is 13.1. The molecule has 0 aliphatic heterocycles. The number of carbonyl (C=O) groups is 1. The second kappa shape index (κ2) is 9.63. The van der Waals surface area contributed by atoms with Crippen LogP contribution in [0.4, 0.5) is 5.69 Å². The van der Waals surface area contributed by atoms with Gasteiger partial charge in [0.25, 0.3) is 0 Å². The van der Waals surface area contributed by atoms with Gasteiger partial charge in [-0.25, -0.2) is 8.42 Å². The number of nitrogens with zero attached hydrogens (tertiary/aromatic N) is 1. The predicted octanol–water partition coefficient (Wildman–Crippen LogP) is 4.71. The van der Waals surface area contributed by atoms with E-state index < -0.39 is 16.1 Å². The molecule has 0 aliphatic rings. The van der Waals surface area contributed by atoms with Gasteiger partial charge >= 0.3 is 0 Å². The van der Waals surface area contributed by atoms with Gasteiger partial charge in [-0.15, -0.1) is 0 Å². The van der Waals surface area contributed by atoms with E-state index >= 15 is 0 Å². The number of amides is 1. The Bertz CT molecular complexity index is 946. The summed E-state index contributed by atoms with van der Waals surface area (Å²) in [7, 11) is -3.71. The first-order valence-electron chi connectivity index (χ1n) is 9.61. The standard InChI is InChI=1S/C22H29ClN2O3S/c1-15(2)13-20(18-9-7-6-8-10-18)24-22(26)17(4)25(29(5,27)28)21-14-19(23)12-11-16(21)3/h6-12,14-15,17,20H,13H2,1-5H3,(H,24,26)/t17-,20+/m1/s1. The predicted molar refractivity (Wildman–Crippen MR) is 120 cm³/mol. The second-order valence-electron chi connectivity index (χ2n) is 7.77. The molecule has 0 saturated carbocycles. The van der Waals surface area contributed by atoms with Gasteiger partial charge in [-0.2, -0.15) is 0 Å². The van der Waals surface area contributed by atoms with Gasteiger partial charge in [-0.05, 0) is 49.4 Å². The molecule has 0 unspecified atom stereocenters. The minimum atomic E-state index is -3.71. The average Bonchev–Trinajstić information content (AvgIpc) is 2.63. The fourth-order valence-electron chi connectivity index (χ4n) is 3.33. The lowest BCUT2D eigenvalue weighted by atomic mass is 9.96. The molecule has 0 aromatic heterocycles. The van der Waals surface area contributed by atoms with Gasteiger partial charge in [0.15, 0.2) is 0 Å². The number of aryl methyl sites for hydroxylation is 1. The van der Waals surface area contributed by atoms with Gasteiger partial charge in [0.05, 0.1) is 18.0 Å². The van der Waals surface area contributed by atoms with E-state index in [4.69, 9.17) is 11.6 Å². The van der Waals surface area contributed by atoms with Crippen LogP contribution in [0.1, 0.15) is 44.4 Å². The molecule has 2 aromatic carbocycles. The van der Waals surface area contributed by atoms with Crippen LogP contribution in [-0.2, 0) is 14.8 Å². The fraction of sp³-hybridized carbons (Fsp3) is 0.409. The zero-order chi connectivity index (χ0) is 21.8. The molecule has 2 atom stereocenters. The summed E-state index contributed by atoms with van der Waals surface area (Å²) in [6.07, 6.45) is 1.84. The molecule has 1 N–H and O–H groups in total. The number of hydrogen-bond acceptors (Lipinski definition) is 3. The Morgan fingerprint density at radius 2 is 1.72 bits per heavy atom. The average molecular weight is 437 g/mol. The van der Waals surface area contributed by atoms with Gasteiger partial charge in [0.2, 0.25) is 15.9 Å². The highest BCUT2D eigenvalue weighted by atomic mass is 35.5. The van der Waals surface area contributed by atoms with Crippen LogP contribution in [0.25, 0.3) is 0 Å². The summed E-state index contributed by atoms with van der Waals surface area (Å²) in [5.74, 6) is 0.00120. The topological polar surface area (TPSA) is 66.5 Å². The van der Waals surface area contributed by atoms with Crippen molar-refractivity contribution in [3.05, 3.63) is 64.7 Å². The van der Waals surface area contributed by atoms with Crippen molar-refractivity contribution in [2.45, 2.75) is 46.2 Å². The maximum atomic E-state index is 13.1. The van der Waals surface area contributed by atoms with E-state index in [1.165, 1.54) is 0 Å². The summed E-state index contributed by atoms with van der Waals surface area (Å²) in [6.45, 7) is 7.56. The van der Waals surface area contributed by atoms with Crippen molar-refractivity contribution >= 4 is 33.2 Å². The highest BCUT2D eigenvalue weighted by molar-refractivity contribution is 7.92. The smallest absolute Gasteiger partial charge is 0.244 e. The van der Waals surface area contributed by atoms with E-state index in [1.807, 2.05) is 30.3 Å². The largest absolute Gasteiger partial charge is 0.347 e. The molecule has 0 heterocycles. The van der Waals surface area contributed by atoms with E-state index in [-0.39, 0.29) is 11.9 Å². The zero-order valence-electron chi connectivity index (χ0n) is 17.5. The molecule has 0 radical (unpaired) electrons. The van der Waals surface area contributed by atoms with Crippen molar-refractivity contribution in [2.24, 2.45) is 5.92 Å². The van der Waals surface area contributed by atoms with E-state index in [2.05, 4.69) is 19.2 Å². The zero-order valence-corrected chi connectivity index (χ0v) is 19.1. The van der Waals surface area contributed by atoms with E-state index in [0.29, 0.717) is 16.6 Å². The summed E-state index contributed by atoms with van der Waals surface area (Å²) in [6, 6.07) is 13.6. The number of benzene rings is 2. The van der Waals surface area contributed by atoms with Gasteiger partial charge in [0, 0.05) is 5.02 Å². The number of hydrogen-bond donors (Lipinski definition) is 1. The molecule has 0 spiro atoms. The maximum Gasteiger partial charge on any atom is 0.244 e. The summed E-state index contributed by atoms with van der Waals surface area (Å²) >= 11 is 6.09. The molecule has 1 amide bonds. The van der Waals surface area contributed by atoms with Crippen LogP contribution in [0.15, 0.2) is 48.5 Å². The van der Waals surface area contributed by atoms with Crippen molar-refractivity contribution in [1.82, 2.24) is 5.32 Å². The monoisotopic (exact) mass is 436 g/mol. The van der Waals surface area contributed by atoms with Crippen LogP contribution in [0.2, 0.25) is 5.02 Å². The Labute approximate surface area is 179 Å². The van der Waals surface area contributed by atoms with Crippen molar-refractivity contribution in [2.75, 3.05) is 10.6 Å². The molecule has 2 aromatic rings. The first kappa shape index (κ1) is 23.2. The third kappa shape index (κ3) is 6.21. The molecule has 0 aliphatic carbocycles. The number of nitrogens with one attached hydrogen (secondary N) is 1. The van der Waals surface area contributed by atoms with Gasteiger partial charge in [0.1, 0.15) is 6.04 Å². The number of anilines is 1. The lowest BCUT2D eigenvalue weighted by Crippen LogP contribution is -2.49. The number of rotatable bonds is 8. The quantitative estimate of drug-likeness (QED) is 0.651. The molecule has 29 heavy (non-hydrogen) atoms. The van der Waals surface area contributed by atoms with Crippen LogP contribution in [0, 0.1) is 12.8 Å². The first-order chi connectivity index (χ1) is 13.5. The Kier molecular flexibility index (Phi) is 7.72. The first-order valence-corrected chi connectivity index (χ1v) is 11.8. The van der Waals surface area contributed by atoms with Crippen LogP contribution in [0.5, 0.6) is 0 Å². The molecule has 0 bridgehead atoms. The van der Waals surface area contributed by atoms with Gasteiger partial charge in [-0.3, -0.25) is 9.10 Å². The molecule has 158 valence electrons. The number of sulfonamides is 1. The Morgan fingerprint density at radius 3 is 2.28 bits per heavy atom. The second-order valence-corrected chi connectivity index (χ2v) is 10.1. The molecule has 0 saturated heterocycles. The Hall–Kier alpha value is -2.05. The molecule has 0 fully saturated rings. The summed E-state index contributed by atoms with van der Waals surface area (Å²) < 4.78 is 26.3. The molecule has 5 nitrogen and oxygen atoms in total. The molecular formula is C22H29ClN2O3S. The number of halogens is 1. The minimum absolute atomic E-state index is 0.201. The van der Waals surface area contributed by atoms with Crippen molar-refractivity contribution in [3.63, 3.8) is 0 Å². The van der Waals surface area contributed by atoms with E-state index in [1.54, 1.807) is 32.0 Å². The van der Waals surface area contributed by atoms with Crippen LogP contribution < -0.4 is 9.62 Å². The van der Waals surface area contributed by atoms with Crippen molar-refractivity contribution in [1.29, 1.82) is 0 Å². The van der Waals surface area contributed by atoms with E-state index in [9.17, 15) is 13.2 Å². The van der Waals surface area contributed by atoms with Crippen LogP contribution in [-0.4, -0.2) is 26.6 Å². The van der Waals surface area contributed by atoms with Crippen molar-refractivity contribution < 1.29 is 13.2 Å².